The van der Waals surface area contributed by atoms with Gasteiger partial charge in [-0.05, 0) is 45.4 Å². The standard InChI is InChI=1S/C14H20N4O3S/c1-9(2)18-14(8-15-17-18)22(19,20)16-12-6-10(3)7-13(21-5)11(12)4/h6-9,16H,1-5H3. The Morgan fingerprint density at radius 1 is 1.27 bits per heavy atom. The molecule has 1 heterocycles. The van der Waals surface area contributed by atoms with Crippen LogP contribution >= 0.6 is 0 Å². The van der Waals surface area contributed by atoms with Crippen molar-refractivity contribution in [1.29, 1.82) is 0 Å². The fraction of sp³-hybridized carbons (Fsp3) is 0.429. The van der Waals surface area contributed by atoms with Crippen molar-refractivity contribution >= 4 is 15.7 Å². The maximum Gasteiger partial charge on any atom is 0.280 e. The summed E-state index contributed by atoms with van der Waals surface area (Å²) in [5, 5.41) is 7.54. The minimum Gasteiger partial charge on any atom is -0.496 e. The predicted octanol–water partition coefficient (Wildman–Crippen LogP) is 2.29. The predicted molar refractivity (Wildman–Crippen MR) is 83.7 cm³/mol. The van der Waals surface area contributed by atoms with Crippen molar-refractivity contribution in [2.75, 3.05) is 11.8 Å². The molecule has 0 bridgehead atoms. The van der Waals surface area contributed by atoms with Crippen LogP contribution in [0, 0.1) is 13.8 Å². The summed E-state index contributed by atoms with van der Waals surface area (Å²) < 4.78 is 34.4. The van der Waals surface area contributed by atoms with Crippen molar-refractivity contribution in [3.05, 3.63) is 29.5 Å². The lowest BCUT2D eigenvalue weighted by Crippen LogP contribution is -2.19. The van der Waals surface area contributed by atoms with E-state index in [1.54, 1.807) is 20.1 Å². The monoisotopic (exact) mass is 324 g/mol. The highest BCUT2D eigenvalue weighted by Gasteiger charge is 2.23. The van der Waals surface area contributed by atoms with Crippen LogP contribution in [0.3, 0.4) is 0 Å². The number of ether oxygens (including phenoxy) is 1. The molecular formula is C14H20N4O3S. The highest BCUT2D eigenvalue weighted by Crippen LogP contribution is 2.29. The highest BCUT2D eigenvalue weighted by atomic mass is 32.2. The number of nitrogens with one attached hydrogen (secondary N) is 1. The number of aromatic nitrogens is 3. The zero-order chi connectivity index (χ0) is 16.5. The van der Waals surface area contributed by atoms with Crippen LogP contribution in [-0.4, -0.2) is 30.5 Å². The average Bonchev–Trinajstić information content (AvgIpc) is 2.92. The van der Waals surface area contributed by atoms with Crippen molar-refractivity contribution in [3.8, 4) is 5.75 Å². The van der Waals surface area contributed by atoms with Gasteiger partial charge < -0.3 is 4.74 Å². The summed E-state index contributed by atoms with van der Waals surface area (Å²) in [6.45, 7) is 7.36. The summed E-state index contributed by atoms with van der Waals surface area (Å²) in [7, 11) is -2.22. The van der Waals surface area contributed by atoms with E-state index in [4.69, 9.17) is 4.74 Å². The van der Waals surface area contributed by atoms with Crippen molar-refractivity contribution in [1.82, 2.24) is 15.0 Å². The Kier molecular flexibility index (Phi) is 4.41. The smallest absolute Gasteiger partial charge is 0.280 e. The van der Waals surface area contributed by atoms with Gasteiger partial charge in [0.2, 0.25) is 0 Å². The van der Waals surface area contributed by atoms with Crippen LogP contribution in [-0.2, 0) is 10.0 Å². The van der Waals surface area contributed by atoms with Gasteiger partial charge in [0, 0.05) is 11.6 Å². The lowest BCUT2D eigenvalue weighted by atomic mass is 10.1. The fourth-order valence-corrected chi connectivity index (χ4v) is 3.41. The van der Waals surface area contributed by atoms with E-state index in [1.165, 1.54) is 10.9 Å². The molecule has 0 aliphatic carbocycles. The van der Waals surface area contributed by atoms with Gasteiger partial charge in [0.15, 0.2) is 5.03 Å². The number of benzene rings is 1. The summed E-state index contributed by atoms with van der Waals surface area (Å²) >= 11 is 0. The van der Waals surface area contributed by atoms with Crippen LogP contribution < -0.4 is 9.46 Å². The van der Waals surface area contributed by atoms with Crippen LogP contribution in [0.2, 0.25) is 0 Å². The number of hydrogen-bond acceptors (Lipinski definition) is 5. The fourth-order valence-electron chi connectivity index (χ4n) is 2.12. The second-order valence-corrected chi connectivity index (χ2v) is 6.99. The third-order valence-corrected chi connectivity index (χ3v) is 4.61. The third kappa shape index (κ3) is 3.06. The molecule has 1 N–H and O–H groups in total. The summed E-state index contributed by atoms with van der Waals surface area (Å²) in [5.41, 5.74) is 2.10. The van der Waals surface area contributed by atoms with Crippen molar-refractivity contribution in [2.45, 2.75) is 38.8 Å². The molecule has 0 radical (unpaired) electrons. The van der Waals surface area contributed by atoms with Crippen molar-refractivity contribution in [2.24, 2.45) is 0 Å². The minimum atomic E-state index is -3.78. The minimum absolute atomic E-state index is 0.0300. The average molecular weight is 324 g/mol. The van der Waals surface area contributed by atoms with E-state index < -0.39 is 10.0 Å². The largest absolute Gasteiger partial charge is 0.496 e. The highest BCUT2D eigenvalue weighted by molar-refractivity contribution is 7.92. The molecule has 0 unspecified atom stereocenters. The third-order valence-electron chi connectivity index (χ3n) is 3.28. The van der Waals surface area contributed by atoms with Gasteiger partial charge in [0.1, 0.15) is 5.75 Å². The van der Waals surface area contributed by atoms with Gasteiger partial charge in [0.25, 0.3) is 10.0 Å². The molecule has 2 rings (SSSR count). The number of rotatable bonds is 5. The molecule has 1 aromatic carbocycles. The van der Waals surface area contributed by atoms with Crippen LogP contribution in [0.1, 0.15) is 31.0 Å². The summed E-state index contributed by atoms with van der Waals surface area (Å²) in [6.07, 6.45) is 1.24. The second kappa shape index (κ2) is 5.96. The van der Waals surface area contributed by atoms with Crippen molar-refractivity contribution in [3.63, 3.8) is 0 Å². The number of anilines is 1. The lowest BCUT2D eigenvalue weighted by molar-refractivity contribution is 0.411. The van der Waals surface area contributed by atoms with Gasteiger partial charge >= 0.3 is 0 Å². The first-order valence-electron chi connectivity index (χ1n) is 6.84. The molecule has 8 heteroatoms. The van der Waals surface area contributed by atoms with E-state index in [-0.39, 0.29) is 11.1 Å². The molecule has 120 valence electrons. The summed E-state index contributed by atoms with van der Waals surface area (Å²) in [6, 6.07) is 3.51. The second-order valence-electron chi connectivity index (χ2n) is 5.36. The zero-order valence-electron chi connectivity index (χ0n) is 13.3. The Morgan fingerprint density at radius 3 is 2.55 bits per heavy atom. The molecule has 0 fully saturated rings. The van der Waals surface area contributed by atoms with E-state index in [9.17, 15) is 8.42 Å². The van der Waals surface area contributed by atoms with E-state index in [0.29, 0.717) is 11.4 Å². The molecule has 0 spiro atoms. The number of nitrogens with zero attached hydrogens (tertiary/aromatic N) is 3. The first-order chi connectivity index (χ1) is 10.3. The number of methoxy groups -OCH3 is 1. The van der Waals surface area contributed by atoms with Crippen LogP contribution in [0.25, 0.3) is 0 Å². The van der Waals surface area contributed by atoms with Gasteiger partial charge in [0.05, 0.1) is 19.0 Å². The van der Waals surface area contributed by atoms with Gasteiger partial charge in [-0.3, -0.25) is 4.72 Å². The first-order valence-corrected chi connectivity index (χ1v) is 8.33. The van der Waals surface area contributed by atoms with Gasteiger partial charge in [-0.2, -0.15) is 8.42 Å². The first kappa shape index (κ1) is 16.3. The Morgan fingerprint density at radius 2 is 1.95 bits per heavy atom. The van der Waals surface area contributed by atoms with Gasteiger partial charge in [-0.15, -0.1) is 5.10 Å². The maximum atomic E-state index is 12.6. The Labute approximate surface area is 130 Å². The number of aryl methyl sites for hydroxylation is 1. The SMILES string of the molecule is COc1cc(C)cc(NS(=O)(=O)c2cnnn2C(C)C)c1C. The van der Waals surface area contributed by atoms with E-state index >= 15 is 0 Å². The number of hydrogen-bond donors (Lipinski definition) is 1. The normalized spacial score (nSPS) is 11.7. The van der Waals surface area contributed by atoms with E-state index in [1.807, 2.05) is 26.8 Å². The molecular weight excluding hydrogens is 304 g/mol. The molecule has 0 atom stereocenters. The quantitative estimate of drug-likeness (QED) is 0.912. The molecule has 0 saturated carbocycles. The molecule has 1 aromatic heterocycles. The van der Waals surface area contributed by atoms with Crippen LogP contribution in [0.4, 0.5) is 5.69 Å². The molecule has 0 saturated heterocycles. The Hall–Kier alpha value is -2.09. The topological polar surface area (TPSA) is 86.1 Å². The molecule has 22 heavy (non-hydrogen) atoms. The van der Waals surface area contributed by atoms with Crippen LogP contribution in [0.5, 0.6) is 5.75 Å². The van der Waals surface area contributed by atoms with E-state index in [0.717, 1.165) is 11.1 Å². The Bertz CT molecular complexity index is 781. The van der Waals surface area contributed by atoms with E-state index in [2.05, 4.69) is 15.0 Å². The maximum absolute atomic E-state index is 12.6. The molecule has 0 aliphatic rings. The molecule has 0 aliphatic heterocycles. The van der Waals surface area contributed by atoms with Gasteiger partial charge in [-0.25, -0.2) is 4.68 Å². The van der Waals surface area contributed by atoms with Gasteiger partial charge in [-0.1, -0.05) is 5.21 Å². The number of sulfonamides is 1. The molecule has 0 amide bonds. The van der Waals surface area contributed by atoms with Crippen molar-refractivity contribution < 1.29 is 13.2 Å². The Balaban J connectivity index is 2.46. The summed E-state index contributed by atoms with van der Waals surface area (Å²) in [4.78, 5) is 0. The lowest BCUT2D eigenvalue weighted by Gasteiger charge is -2.15. The van der Waals surface area contributed by atoms with Crippen LogP contribution in [0.15, 0.2) is 23.4 Å². The molecule has 7 nitrogen and oxygen atoms in total. The molecule has 2 aromatic rings. The summed E-state index contributed by atoms with van der Waals surface area (Å²) in [5.74, 6) is 0.633. The zero-order valence-corrected chi connectivity index (χ0v) is 14.1.